The molecule has 4 heterocycles. The Morgan fingerprint density at radius 3 is 2.45 bits per heavy atom. The quantitative estimate of drug-likeness (QED) is 0.420. The van der Waals surface area contributed by atoms with Gasteiger partial charge >= 0.3 is 0 Å². The molecule has 6 rings (SSSR count). The monoisotopic (exact) mass is 517 g/mol. The van der Waals surface area contributed by atoms with Crippen LogP contribution in [0.1, 0.15) is 82.2 Å². The summed E-state index contributed by atoms with van der Waals surface area (Å²) in [6.07, 6.45) is 12.6. The molecule has 0 bridgehead atoms. The van der Waals surface area contributed by atoms with Crippen LogP contribution in [0.3, 0.4) is 0 Å². The number of hydrogen-bond acceptors (Lipinski definition) is 5. The minimum absolute atomic E-state index is 0.122. The van der Waals surface area contributed by atoms with Gasteiger partial charge in [0.25, 0.3) is 0 Å². The van der Waals surface area contributed by atoms with Gasteiger partial charge in [-0.3, -0.25) is 4.90 Å². The highest BCUT2D eigenvalue weighted by Crippen LogP contribution is 2.46. The Labute approximate surface area is 225 Å². The number of nitrogens with one attached hydrogen (secondary N) is 1. The van der Waals surface area contributed by atoms with E-state index in [9.17, 15) is 4.79 Å². The lowest BCUT2D eigenvalue weighted by Gasteiger charge is -2.45. The van der Waals surface area contributed by atoms with Crippen molar-refractivity contribution in [2.45, 2.75) is 83.5 Å². The molecule has 2 atom stereocenters. The number of piperidine rings is 1. The average Bonchev–Trinajstić information content (AvgIpc) is 3.27. The second kappa shape index (κ2) is 9.74. The van der Waals surface area contributed by atoms with Crippen LogP contribution in [-0.2, 0) is 11.2 Å². The minimum atomic E-state index is -1.31. The largest absolute Gasteiger partial charge is 0.357 e. The summed E-state index contributed by atoms with van der Waals surface area (Å²) in [6.45, 7) is 7.77. The fourth-order valence-electron chi connectivity index (χ4n) is 7.25. The molecule has 0 amide bonds. The van der Waals surface area contributed by atoms with Gasteiger partial charge in [0.15, 0.2) is 0 Å². The molecule has 0 radical (unpaired) electrons. The zero-order valence-electron chi connectivity index (χ0n) is 22.9. The molecule has 2 fully saturated rings. The lowest BCUT2D eigenvalue weighted by atomic mass is 9.66. The number of rotatable bonds is 5. The van der Waals surface area contributed by atoms with Crippen LogP contribution in [0.5, 0.6) is 0 Å². The van der Waals surface area contributed by atoms with E-state index in [0.29, 0.717) is 12.0 Å². The summed E-state index contributed by atoms with van der Waals surface area (Å²) in [7, 11) is 0. The van der Waals surface area contributed by atoms with Crippen molar-refractivity contribution in [1.82, 2.24) is 19.9 Å². The molecule has 1 saturated carbocycles. The zero-order valence-corrected chi connectivity index (χ0v) is 22.9. The Hall–Kier alpha value is -2.80. The highest BCUT2D eigenvalue weighted by atomic mass is 19.1. The Kier molecular flexibility index (Phi) is 6.53. The standard InChI is InChI=1S/C31H40FN5O/c1-21-16-25-24-6-4-5-7-26(24)35-27(25)28(37(21)20-30(2,3)32)23-17-33-29(34-18-23)36-14-12-31(13-15-36)10-8-22(19-38)9-11-31/h4-7,17-19,21-22,28,35H,8-16,20H2,1-3H3/t21-,28-/m1/s1. The van der Waals surface area contributed by atoms with Crippen molar-refractivity contribution >= 4 is 23.1 Å². The molecule has 38 heavy (non-hydrogen) atoms. The summed E-state index contributed by atoms with van der Waals surface area (Å²) >= 11 is 0. The summed E-state index contributed by atoms with van der Waals surface area (Å²) in [5.74, 6) is 1.04. The van der Waals surface area contributed by atoms with Crippen LogP contribution >= 0.6 is 0 Å². The van der Waals surface area contributed by atoms with Crippen molar-refractivity contribution in [2.75, 3.05) is 24.5 Å². The van der Waals surface area contributed by atoms with Gasteiger partial charge in [-0.1, -0.05) is 18.2 Å². The van der Waals surface area contributed by atoms with Gasteiger partial charge in [-0.2, -0.15) is 0 Å². The molecular weight excluding hydrogens is 477 g/mol. The Morgan fingerprint density at radius 1 is 1.11 bits per heavy atom. The number of carbonyl (C=O) groups is 1. The van der Waals surface area contributed by atoms with E-state index in [1.165, 1.54) is 10.9 Å². The van der Waals surface area contributed by atoms with Gasteiger partial charge in [0.1, 0.15) is 12.0 Å². The molecule has 3 aromatic rings. The Balaban J connectivity index is 1.25. The molecule has 1 N–H and O–H groups in total. The third kappa shape index (κ3) is 4.74. The van der Waals surface area contributed by atoms with E-state index in [4.69, 9.17) is 9.97 Å². The molecule has 2 aliphatic heterocycles. The number of fused-ring (bicyclic) bond motifs is 3. The van der Waals surface area contributed by atoms with E-state index in [1.54, 1.807) is 13.8 Å². The van der Waals surface area contributed by atoms with Crippen LogP contribution in [0.25, 0.3) is 10.9 Å². The number of H-pyrrole nitrogens is 1. The zero-order chi connectivity index (χ0) is 26.5. The molecule has 6 nitrogen and oxygen atoms in total. The van der Waals surface area contributed by atoms with Crippen molar-refractivity contribution in [2.24, 2.45) is 11.3 Å². The molecule has 3 aliphatic rings. The number of benzene rings is 1. The van der Waals surface area contributed by atoms with E-state index >= 15 is 4.39 Å². The maximum atomic E-state index is 15.0. The fraction of sp³-hybridized carbons (Fsp3) is 0.581. The van der Waals surface area contributed by atoms with Crippen molar-refractivity contribution in [3.63, 3.8) is 0 Å². The number of hydrogen-bond donors (Lipinski definition) is 1. The summed E-state index contributed by atoms with van der Waals surface area (Å²) in [6, 6.07) is 8.50. The number of halogens is 1. The van der Waals surface area contributed by atoms with Crippen LogP contribution in [0, 0.1) is 11.3 Å². The van der Waals surface area contributed by atoms with Crippen molar-refractivity contribution in [3.05, 3.63) is 53.5 Å². The smallest absolute Gasteiger partial charge is 0.225 e. The summed E-state index contributed by atoms with van der Waals surface area (Å²) in [5, 5.41) is 1.25. The van der Waals surface area contributed by atoms with Gasteiger partial charge in [-0.25, -0.2) is 14.4 Å². The van der Waals surface area contributed by atoms with Gasteiger partial charge < -0.3 is 14.7 Å². The summed E-state index contributed by atoms with van der Waals surface area (Å²) in [4.78, 5) is 29.1. The van der Waals surface area contributed by atoms with E-state index in [1.807, 2.05) is 12.4 Å². The molecule has 1 spiro atoms. The van der Waals surface area contributed by atoms with Crippen LogP contribution < -0.4 is 4.90 Å². The lowest BCUT2D eigenvalue weighted by Crippen LogP contribution is -2.47. The first kappa shape index (κ1) is 25.5. The normalized spacial score (nSPS) is 24.6. The number of alkyl halides is 1. The number of aldehydes is 1. The maximum Gasteiger partial charge on any atom is 0.225 e. The number of aromatic amines is 1. The summed E-state index contributed by atoms with van der Waals surface area (Å²) < 4.78 is 15.0. The number of aromatic nitrogens is 3. The predicted molar refractivity (Wildman–Crippen MR) is 149 cm³/mol. The van der Waals surface area contributed by atoms with E-state index < -0.39 is 5.67 Å². The Bertz CT molecular complexity index is 1280. The number of nitrogens with zero attached hydrogens (tertiary/aromatic N) is 4. The molecule has 202 valence electrons. The SMILES string of the molecule is C[C@@H]1Cc2c([nH]c3ccccc23)[C@@H](c2cnc(N3CCC4(CCC(C=O)CC4)CC3)nc2)N1CC(C)(C)F. The van der Waals surface area contributed by atoms with Crippen LogP contribution in [-0.4, -0.2) is 57.5 Å². The molecular formula is C31H40FN5O. The molecule has 7 heteroatoms. The number of carbonyl (C=O) groups excluding carboxylic acids is 1. The lowest BCUT2D eigenvalue weighted by molar-refractivity contribution is -0.112. The maximum absolute atomic E-state index is 15.0. The topological polar surface area (TPSA) is 65.1 Å². The van der Waals surface area contributed by atoms with Gasteiger partial charge in [-0.15, -0.1) is 0 Å². The van der Waals surface area contributed by atoms with Crippen molar-refractivity contribution in [1.29, 1.82) is 0 Å². The molecule has 2 aromatic heterocycles. The number of anilines is 1. The van der Waals surface area contributed by atoms with Crippen LogP contribution in [0.2, 0.25) is 0 Å². The van der Waals surface area contributed by atoms with Gasteiger partial charge in [0.05, 0.1) is 6.04 Å². The van der Waals surface area contributed by atoms with Crippen molar-refractivity contribution < 1.29 is 9.18 Å². The van der Waals surface area contributed by atoms with Crippen LogP contribution in [0.15, 0.2) is 36.7 Å². The predicted octanol–water partition coefficient (Wildman–Crippen LogP) is 6.02. The molecule has 0 unspecified atom stereocenters. The number of para-hydroxylation sites is 1. The first-order chi connectivity index (χ1) is 18.3. The van der Waals surface area contributed by atoms with E-state index in [2.05, 4.69) is 46.0 Å². The molecule has 1 aliphatic carbocycles. The second-order valence-electron chi connectivity index (χ2n) is 12.7. The summed E-state index contributed by atoms with van der Waals surface area (Å²) in [5.41, 5.74) is 3.65. The fourth-order valence-corrected chi connectivity index (χ4v) is 7.25. The third-order valence-corrected chi connectivity index (χ3v) is 9.44. The van der Waals surface area contributed by atoms with Gasteiger partial charge in [-0.05, 0) is 82.8 Å². The molecule has 1 saturated heterocycles. The Morgan fingerprint density at radius 2 is 1.79 bits per heavy atom. The minimum Gasteiger partial charge on any atom is -0.357 e. The first-order valence-corrected chi connectivity index (χ1v) is 14.3. The van der Waals surface area contributed by atoms with Crippen molar-refractivity contribution in [3.8, 4) is 0 Å². The van der Waals surface area contributed by atoms with Crippen LogP contribution in [0.4, 0.5) is 10.3 Å². The average molecular weight is 518 g/mol. The van der Waals surface area contributed by atoms with E-state index in [-0.39, 0.29) is 18.0 Å². The molecule has 1 aromatic carbocycles. The highest BCUT2D eigenvalue weighted by molar-refractivity contribution is 5.85. The third-order valence-electron chi connectivity index (χ3n) is 9.44. The first-order valence-electron chi connectivity index (χ1n) is 14.3. The van der Waals surface area contributed by atoms with E-state index in [0.717, 1.165) is 87.0 Å². The second-order valence-corrected chi connectivity index (χ2v) is 12.7. The van der Waals surface area contributed by atoms with Gasteiger partial charge in [0, 0.05) is 66.1 Å². The highest BCUT2D eigenvalue weighted by Gasteiger charge is 2.40. The van der Waals surface area contributed by atoms with Gasteiger partial charge in [0.2, 0.25) is 5.95 Å².